The molecule has 17 heavy (non-hydrogen) atoms. The van der Waals surface area contributed by atoms with E-state index >= 15 is 0 Å². The molecular formula is C12H17NO3S. The lowest BCUT2D eigenvalue weighted by molar-refractivity contribution is -0.136. The molecule has 0 spiro atoms. The van der Waals surface area contributed by atoms with Gasteiger partial charge in [-0.15, -0.1) is 11.3 Å². The third kappa shape index (κ3) is 3.80. The first kappa shape index (κ1) is 12.5. The number of aliphatic hydroxyl groups is 1. The molecule has 1 aliphatic carbocycles. The zero-order chi connectivity index (χ0) is 12.3. The van der Waals surface area contributed by atoms with Gasteiger partial charge in [-0.1, -0.05) is 0 Å². The van der Waals surface area contributed by atoms with Crippen molar-refractivity contribution in [1.82, 2.24) is 5.32 Å². The number of aliphatic hydroxyl groups excluding tert-OH is 1. The smallest absolute Gasteiger partial charge is 0.308 e. The van der Waals surface area contributed by atoms with Gasteiger partial charge in [-0.05, 0) is 37.4 Å². The van der Waals surface area contributed by atoms with Gasteiger partial charge in [0.05, 0.1) is 12.5 Å². The first-order valence-electron chi connectivity index (χ1n) is 5.81. The number of nitrogens with one attached hydrogen (secondary N) is 1. The Kier molecular flexibility index (Phi) is 4.15. The maximum Gasteiger partial charge on any atom is 0.308 e. The van der Waals surface area contributed by atoms with Crippen molar-refractivity contribution in [3.8, 4) is 0 Å². The van der Waals surface area contributed by atoms with E-state index in [1.165, 1.54) is 4.88 Å². The van der Waals surface area contributed by atoms with Gasteiger partial charge in [-0.3, -0.25) is 4.79 Å². The van der Waals surface area contributed by atoms with E-state index in [-0.39, 0.29) is 12.5 Å². The second kappa shape index (κ2) is 5.62. The van der Waals surface area contributed by atoms with Gasteiger partial charge in [0.25, 0.3) is 0 Å². The van der Waals surface area contributed by atoms with Crippen LogP contribution in [0, 0.1) is 5.92 Å². The van der Waals surface area contributed by atoms with Crippen LogP contribution in [0.1, 0.15) is 22.6 Å². The lowest BCUT2D eigenvalue weighted by Crippen LogP contribution is -2.35. The fraction of sp³-hybridized carbons (Fsp3) is 0.583. The van der Waals surface area contributed by atoms with E-state index in [2.05, 4.69) is 5.32 Å². The van der Waals surface area contributed by atoms with Crippen LogP contribution < -0.4 is 5.32 Å². The standard InChI is InChI=1S/C12H17NO3S/c14-9-3-8(4-9)6-13-7-11-2-1-10(17-11)5-12(15)16/h1-2,8-9,13-14H,3-7H2,(H,15,16). The second-order valence-electron chi connectivity index (χ2n) is 4.56. The molecule has 3 N–H and O–H groups in total. The first-order valence-corrected chi connectivity index (χ1v) is 6.63. The summed E-state index contributed by atoms with van der Waals surface area (Å²) in [5.74, 6) is -0.182. The summed E-state index contributed by atoms with van der Waals surface area (Å²) in [5, 5.41) is 21.1. The summed E-state index contributed by atoms with van der Waals surface area (Å²) in [7, 11) is 0. The molecule has 1 aromatic rings. The molecular weight excluding hydrogens is 238 g/mol. The third-order valence-corrected chi connectivity index (χ3v) is 4.07. The van der Waals surface area contributed by atoms with Crippen molar-refractivity contribution in [2.75, 3.05) is 6.54 Å². The normalized spacial score (nSPS) is 23.4. The highest BCUT2D eigenvalue weighted by Gasteiger charge is 2.26. The number of hydrogen-bond acceptors (Lipinski definition) is 4. The molecule has 94 valence electrons. The van der Waals surface area contributed by atoms with Crippen molar-refractivity contribution >= 4 is 17.3 Å². The molecule has 1 fully saturated rings. The predicted octanol–water partition coefficient (Wildman–Crippen LogP) is 1.24. The molecule has 1 saturated carbocycles. The van der Waals surface area contributed by atoms with Crippen LogP contribution in [0.4, 0.5) is 0 Å². The zero-order valence-electron chi connectivity index (χ0n) is 9.56. The number of carboxylic acid groups (broad SMARTS) is 1. The van der Waals surface area contributed by atoms with E-state index in [1.54, 1.807) is 11.3 Å². The van der Waals surface area contributed by atoms with Crippen molar-refractivity contribution in [3.05, 3.63) is 21.9 Å². The Morgan fingerprint density at radius 1 is 1.41 bits per heavy atom. The second-order valence-corrected chi connectivity index (χ2v) is 5.81. The van der Waals surface area contributed by atoms with Crippen molar-refractivity contribution in [1.29, 1.82) is 0 Å². The number of thiophene rings is 1. The summed E-state index contributed by atoms with van der Waals surface area (Å²) in [6.45, 7) is 1.72. The van der Waals surface area contributed by atoms with E-state index in [4.69, 9.17) is 10.2 Å². The van der Waals surface area contributed by atoms with Crippen LogP contribution in [-0.2, 0) is 17.8 Å². The minimum absolute atomic E-state index is 0.0919. The van der Waals surface area contributed by atoms with Crippen molar-refractivity contribution in [2.45, 2.75) is 31.9 Å². The van der Waals surface area contributed by atoms with E-state index < -0.39 is 5.97 Å². The number of aliphatic carboxylic acids is 1. The minimum atomic E-state index is -0.783. The van der Waals surface area contributed by atoms with Gasteiger partial charge in [0, 0.05) is 16.3 Å². The van der Waals surface area contributed by atoms with Crippen LogP contribution in [0.5, 0.6) is 0 Å². The Hall–Kier alpha value is -0.910. The monoisotopic (exact) mass is 255 g/mol. The summed E-state index contributed by atoms with van der Waals surface area (Å²) in [5.41, 5.74) is 0. The van der Waals surface area contributed by atoms with Crippen molar-refractivity contribution < 1.29 is 15.0 Å². The van der Waals surface area contributed by atoms with Gasteiger partial charge in [-0.2, -0.15) is 0 Å². The Morgan fingerprint density at radius 3 is 2.76 bits per heavy atom. The van der Waals surface area contributed by atoms with E-state index in [1.807, 2.05) is 12.1 Å². The van der Waals surface area contributed by atoms with E-state index in [0.717, 1.165) is 30.8 Å². The van der Waals surface area contributed by atoms with Gasteiger partial charge < -0.3 is 15.5 Å². The van der Waals surface area contributed by atoms with Crippen molar-refractivity contribution in [2.24, 2.45) is 5.92 Å². The highest BCUT2D eigenvalue weighted by Crippen LogP contribution is 2.26. The molecule has 0 atom stereocenters. The van der Waals surface area contributed by atoms with Gasteiger partial charge in [0.2, 0.25) is 0 Å². The largest absolute Gasteiger partial charge is 0.481 e. The molecule has 0 unspecified atom stereocenters. The molecule has 1 aromatic heterocycles. The van der Waals surface area contributed by atoms with Crippen LogP contribution in [0.15, 0.2) is 12.1 Å². The molecule has 0 aromatic carbocycles. The third-order valence-electron chi connectivity index (χ3n) is 2.99. The molecule has 4 nitrogen and oxygen atoms in total. The molecule has 0 radical (unpaired) electrons. The Morgan fingerprint density at radius 2 is 2.12 bits per heavy atom. The topological polar surface area (TPSA) is 69.6 Å². The number of carboxylic acids is 1. The molecule has 0 bridgehead atoms. The number of rotatable bonds is 6. The fourth-order valence-corrected chi connectivity index (χ4v) is 3.01. The highest BCUT2D eigenvalue weighted by atomic mass is 32.1. The quantitative estimate of drug-likeness (QED) is 0.715. The highest BCUT2D eigenvalue weighted by molar-refractivity contribution is 7.12. The van der Waals surface area contributed by atoms with Crippen LogP contribution in [-0.4, -0.2) is 28.8 Å². The molecule has 1 aliphatic rings. The molecule has 5 heteroatoms. The summed E-state index contributed by atoms with van der Waals surface area (Å²) in [6, 6.07) is 3.86. The van der Waals surface area contributed by atoms with Crippen molar-refractivity contribution in [3.63, 3.8) is 0 Å². The van der Waals surface area contributed by atoms with Gasteiger partial charge in [0.15, 0.2) is 0 Å². The summed E-state index contributed by atoms with van der Waals surface area (Å²) < 4.78 is 0. The minimum Gasteiger partial charge on any atom is -0.481 e. The SMILES string of the molecule is O=C(O)Cc1ccc(CNCC2CC(O)C2)s1. The maximum atomic E-state index is 10.5. The van der Waals surface area contributed by atoms with Crippen LogP contribution in [0.25, 0.3) is 0 Å². The van der Waals surface area contributed by atoms with Crippen LogP contribution >= 0.6 is 11.3 Å². The predicted molar refractivity (Wildman–Crippen MR) is 66.1 cm³/mol. The molecule has 2 rings (SSSR count). The Bertz CT molecular complexity index is 385. The maximum absolute atomic E-state index is 10.5. The fourth-order valence-electron chi connectivity index (χ4n) is 2.03. The first-order chi connectivity index (χ1) is 8.13. The molecule has 0 aliphatic heterocycles. The summed E-state index contributed by atoms with van der Waals surface area (Å²) >= 11 is 1.55. The van der Waals surface area contributed by atoms with Gasteiger partial charge in [0.1, 0.15) is 0 Å². The van der Waals surface area contributed by atoms with Crippen LogP contribution in [0.3, 0.4) is 0 Å². The molecule has 0 saturated heterocycles. The van der Waals surface area contributed by atoms with Crippen LogP contribution in [0.2, 0.25) is 0 Å². The zero-order valence-corrected chi connectivity index (χ0v) is 10.4. The lowest BCUT2D eigenvalue weighted by atomic mass is 9.82. The molecule has 1 heterocycles. The molecule has 0 amide bonds. The number of hydrogen-bond donors (Lipinski definition) is 3. The van der Waals surface area contributed by atoms with E-state index in [0.29, 0.717) is 5.92 Å². The van der Waals surface area contributed by atoms with E-state index in [9.17, 15) is 4.79 Å². The van der Waals surface area contributed by atoms with Gasteiger partial charge in [-0.25, -0.2) is 0 Å². The van der Waals surface area contributed by atoms with Gasteiger partial charge >= 0.3 is 5.97 Å². The Balaban J connectivity index is 1.68. The summed E-state index contributed by atoms with van der Waals surface area (Å²) in [4.78, 5) is 12.6. The lowest BCUT2D eigenvalue weighted by Gasteiger charge is -2.31. The number of carbonyl (C=O) groups is 1. The average molecular weight is 255 g/mol. The summed E-state index contributed by atoms with van der Waals surface area (Å²) in [6.07, 6.45) is 1.83. The Labute approximate surface area is 104 Å². The average Bonchev–Trinajstić information content (AvgIpc) is 2.62.